The summed E-state index contributed by atoms with van der Waals surface area (Å²) in [5, 5.41) is 9.67. The summed E-state index contributed by atoms with van der Waals surface area (Å²) in [7, 11) is 0. The number of hydrogen-bond acceptors (Lipinski definition) is 4. The SMILES string of the molecule is CCC(C)(F)OC(=O)C(F)(F)[N+](=O)[O-]. The van der Waals surface area contributed by atoms with Crippen LogP contribution in [0.4, 0.5) is 13.2 Å². The lowest BCUT2D eigenvalue weighted by atomic mass is 10.3. The third kappa shape index (κ3) is 2.86. The van der Waals surface area contributed by atoms with Crippen LogP contribution in [0.3, 0.4) is 0 Å². The molecule has 0 aliphatic rings. The Kier molecular flexibility index (Phi) is 3.44. The van der Waals surface area contributed by atoms with Gasteiger partial charge in [-0.1, -0.05) is 6.92 Å². The monoisotopic (exact) mass is 215 g/mol. The highest BCUT2D eigenvalue weighted by Crippen LogP contribution is 2.23. The normalized spacial score (nSPS) is 15.8. The molecule has 5 nitrogen and oxygen atoms in total. The number of hydrogen-bond donors (Lipinski definition) is 0. The standard InChI is InChI=1S/C6H8F3NO4/c1-3-5(2,7)14-4(11)6(8,9)10(12)13/h3H2,1-2H3. The van der Waals surface area contributed by atoms with Crippen molar-refractivity contribution in [3.8, 4) is 0 Å². The van der Waals surface area contributed by atoms with Gasteiger partial charge < -0.3 is 4.74 Å². The van der Waals surface area contributed by atoms with Crippen molar-refractivity contribution >= 4 is 5.97 Å². The topological polar surface area (TPSA) is 69.4 Å². The highest BCUT2D eigenvalue weighted by molar-refractivity contribution is 5.75. The average molecular weight is 215 g/mol. The number of alkyl halides is 3. The molecule has 0 N–H and O–H groups in total. The molecule has 0 heterocycles. The number of halogens is 3. The van der Waals surface area contributed by atoms with Crippen molar-refractivity contribution in [1.82, 2.24) is 0 Å². The van der Waals surface area contributed by atoms with Crippen molar-refractivity contribution in [2.24, 2.45) is 0 Å². The van der Waals surface area contributed by atoms with Crippen LogP contribution in [0.15, 0.2) is 0 Å². The van der Waals surface area contributed by atoms with Crippen LogP contribution in [-0.4, -0.2) is 22.8 Å². The van der Waals surface area contributed by atoms with Crippen LogP contribution in [-0.2, 0) is 9.53 Å². The van der Waals surface area contributed by atoms with E-state index in [1.54, 1.807) is 0 Å². The van der Waals surface area contributed by atoms with E-state index < -0.39 is 22.8 Å². The quantitative estimate of drug-likeness (QED) is 0.308. The first-order chi connectivity index (χ1) is 6.13. The predicted molar refractivity (Wildman–Crippen MR) is 37.8 cm³/mol. The molecule has 0 radical (unpaired) electrons. The summed E-state index contributed by atoms with van der Waals surface area (Å²) in [6, 6.07) is -4.91. The second kappa shape index (κ2) is 3.81. The number of rotatable bonds is 4. The Balaban J connectivity index is 4.58. The van der Waals surface area contributed by atoms with Crippen molar-refractivity contribution in [2.45, 2.75) is 32.2 Å². The first-order valence-corrected chi connectivity index (χ1v) is 3.58. The lowest BCUT2D eigenvalue weighted by Crippen LogP contribution is -2.42. The molecule has 1 atom stereocenters. The van der Waals surface area contributed by atoms with Gasteiger partial charge in [0.15, 0.2) is 0 Å². The number of nitro groups is 1. The van der Waals surface area contributed by atoms with E-state index in [0.717, 1.165) is 6.92 Å². The Labute approximate surface area is 77.0 Å². The summed E-state index contributed by atoms with van der Waals surface area (Å²) < 4.78 is 41.0. The Hall–Kier alpha value is -1.34. The van der Waals surface area contributed by atoms with Gasteiger partial charge in [0.2, 0.25) is 5.85 Å². The molecule has 0 aliphatic carbocycles. The molecular weight excluding hydrogens is 207 g/mol. The van der Waals surface area contributed by atoms with Crippen LogP contribution < -0.4 is 0 Å². The highest BCUT2D eigenvalue weighted by Gasteiger charge is 2.57. The molecule has 0 fully saturated rings. The van der Waals surface area contributed by atoms with E-state index in [4.69, 9.17) is 0 Å². The van der Waals surface area contributed by atoms with Crippen molar-refractivity contribution in [2.75, 3.05) is 0 Å². The van der Waals surface area contributed by atoms with Crippen molar-refractivity contribution in [1.29, 1.82) is 0 Å². The van der Waals surface area contributed by atoms with E-state index in [9.17, 15) is 28.1 Å². The smallest absolute Gasteiger partial charge is 0.419 e. The fourth-order valence-electron chi connectivity index (χ4n) is 0.401. The van der Waals surface area contributed by atoms with Crippen LogP contribution in [0.2, 0.25) is 0 Å². The third-order valence-corrected chi connectivity index (χ3v) is 1.41. The zero-order chi connectivity index (χ0) is 11.6. The molecule has 82 valence electrons. The van der Waals surface area contributed by atoms with E-state index in [1.807, 2.05) is 0 Å². The first kappa shape index (κ1) is 12.7. The summed E-state index contributed by atoms with van der Waals surface area (Å²) in [5.74, 6) is -5.13. The number of ether oxygens (including phenoxy) is 1. The van der Waals surface area contributed by atoms with Crippen LogP contribution >= 0.6 is 0 Å². The minimum Gasteiger partial charge on any atom is -0.419 e. The van der Waals surface area contributed by atoms with Crippen LogP contribution in [0.25, 0.3) is 0 Å². The van der Waals surface area contributed by atoms with Crippen LogP contribution in [0, 0.1) is 10.1 Å². The van der Waals surface area contributed by atoms with Gasteiger partial charge in [0.05, 0.1) is 0 Å². The number of carbonyl (C=O) groups excluding carboxylic acids is 1. The maximum atomic E-state index is 12.9. The maximum absolute atomic E-state index is 12.9. The van der Waals surface area contributed by atoms with Gasteiger partial charge in [0.25, 0.3) is 0 Å². The summed E-state index contributed by atoms with van der Waals surface area (Å²) in [4.78, 5) is 18.0. The number of nitrogens with zero attached hydrogens (tertiary/aromatic N) is 1. The van der Waals surface area contributed by atoms with Gasteiger partial charge in [-0.05, 0) is 0 Å². The minimum absolute atomic E-state index is 0.382. The molecule has 0 aromatic carbocycles. The van der Waals surface area contributed by atoms with Crippen molar-refractivity contribution in [3.05, 3.63) is 10.1 Å². The molecule has 0 saturated heterocycles. The summed E-state index contributed by atoms with van der Waals surface area (Å²) >= 11 is 0. The average Bonchev–Trinajstić information content (AvgIpc) is 2.03. The summed E-state index contributed by atoms with van der Waals surface area (Å²) in [6.45, 7) is 1.96. The maximum Gasteiger partial charge on any atom is 0.613 e. The summed E-state index contributed by atoms with van der Waals surface area (Å²) in [6.07, 6.45) is -0.382. The Morgan fingerprint density at radius 1 is 1.50 bits per heavy atom. The second-order valence-corrected chi connectivity index (χ2v) is 2.64. The molecule has 0 spiro atoms. The molecule has 14 heavy (non-hydrogen) atoms. The molecule has 0 rings (SSSR count). The van der Waals surface area contributed by atoms with E-state index in [1.165, 1.54) is 6.92 Å². The van der Waals surface area contributed by atoms with E-state index in [2.05, 4.69) is 4.74 Å². The van der Waals surface area contributed by atoms with Gasteiger partial charge in [0.1, 0.15) is 4.92 Å². The molecule has 0 saturated carbocycles. The molecule has 8 heteroatoms. The van der Waals surface area contributed by atoms with Crippen LogP contribution in [0.5, 0.6) is 0 Å². The summed E-state index contributed by atoms with van der Waals surface area (Å²) in [5.41, 5.74) is 0. The first-order valence-electron chi connectivity index (χ1n) is 3.58. The van der Waals surface area contributed by atoms with E-state index in [0.29, 0.717) is 0 Å². The third-order valence-electron chi connectivity index (χ3n) is 1.41. The lowest BCUT2D eigenvalue weighted by Gasteiger charge is -2.18. The Morgan fingerprint density at radius 2 is 1.93 bits per heavy atom. The fraction of sp³-hybridized carbons (Fsp3) is 0.833. The Bertz CT molecular complexity index is 253. The molecular formula is C6H8F3NO4. The van der Waals surface area contributed by atoms with E-state index in [-0.39, 0.29) is 6.42 Å². The molecule has 0 amide bonds. The molecule has 0 bridgehead atoms. The van der Waals surface area contributed by atoms with Gasteiger partial charge in [-0.15, -0.1) is 8.78 Å². The van der Waals surface area contributed by atoms with E-state index >= 15 is 0 Å². The lowest BCUT2D eigenvalue weighted by molar-refractivity contribution is -0.626. The zero-order valence-corrected chi connectivity index (χ0v) is 7.42. The van der Waals surface area contributed by atoms with Gasteiger partial charge in [-0.2, -0.15) is 4.39 Å². The van der Waals surface area contributed by atoms with Gasteiger partial charge in [0, 0.05) is 13.3 Å². The van der Waals surface area contributed by atoms with Crippen molar-refractivity contribution < 1.29 is 27.6 Å². The van der Waals surface area contributed by atoms with Crippen molar-refractivity contribution in [3.63, 3.8) is 0 Å². The largest absolute Gasteiger partial charge is 0.613 e. The predicted octanol–water partition coefficient (Wildman–Crippen LogP) is 1.49. The minimum atomic E-state index is -4.91. The van der Waals surface area contributed by atoms with Gasteiger partial charge in [-0.3, -0.25) is 10.1 Å². The molecule has 1 unspecified atom stereocenters. The zero-order valence-electron chi connectivity index (χ0n) is 7.42. The van der Waals surface area contributed by atoms with Gasteiger partial charge >= 0.3 is 12.0 Å². The molecule has 0 aromatic heterocycles. The van der Waals surface area contributed by atoms with Crippen LogP contribution in [0.1, 0.15) is 20.3 Å². The number of esters is 1. The number of carbonyl (C=O) groups is 1. The fourth-order valence-corrected chi connectivity index (χ4v) is 0.401. The second-order valence-electron chi connectivity index (χ2n) is 2.64. The molecule has 0 aromatic rings. The van der Waals surface area contributed by atoms with Gasteiger partial charge in [-0.25, -0.2) is 4.79 Å². The highest BCUT2D eigenvalue weighted by atomic mass is 19.3. The Morgan fingerprint density at radius 3 is 2.21 bits per heavy atom. The molecule has 0 aliphatic heterocycles.